The maximum atomic E-state index is 11.7. The summed E-state index contributed by atoms with van der Waals surface area (Å²) in [5.74, 6) is -1.00. The number of aliphatic carboxylic acids is 1. The van der Waals surface area contributed by atoms with Crippen molar-refractivity contribution in [2.45, 2.75) is 45.3 Å². The van der Waals surface area contributed by atoms with Crippen LogP contribution in [0.4, 0.5) is 4.79 Å². The lowest BCUT2D eigenvalue weighted by Gasteiger charge is -2.30. The maximum Gasteiger partial charge on any atom is 0.415 e. The highest BCUT2D eigenvalue weighted by atomic mass is 16.6. The Hall–Kier alpha value is -1.52. The van der Waals surface area contributed by atoms with Crippen LogP contribution in [0.3, 0.4) is 0 Å². The molecule has 0 aliphatic carbocycles. The number of carboxylic acid groups (broad SMARTS) is 1. The molecule has 1 heterocycles. The summed E-state index contributed by atoms with van der Waals surface area (Å²) in [6, 6.07) is -0.820. The molecule has 0 radical (unpaired) electrons. The number of hydrogen-bond donors (Lipinski definition) is 1. The van der Waals surface area contributed by atoms with Gasteiger partial charge in [0.2, 0.25) is 0 Å². The van der Waals surface area contributed by atoms with Crippen molar-refractivity contribution in [2.75, 3.05) is 0 Å². The number of carboxylic acids is 1. The highest BCUT2D eigenvalue weighted by Crippen LogP contribution is 2.19. The minimum Gasteiger partial charge on any atom is -0.480 e. The van der Waals surface area contributed by atoms with Gasteiger partial charge in [-0.05, 0) is 33.6 Å². The number of hydrogen-bond acceptors (Lipinski definition) is 3. The molecular formula is C11H17NO4. The van der Waals surface area contributed by atoms with Crippen LogP contribution in [0.2, 0.25) is 0 Å². The molecule has 16 heavy (non-hydrogen) atoms. The molecule has 1 amide bonds. The monoisotopic (exact) mass is 227 g/mol. The van der Waals surface area contributed by atoms with Crippen molar-refractivity contribution in [3.63, 3.8) is 0 Å². The van der Waals surface area contributed by atoms with Gasteiger partial charge >= 0.3 is 12.1 Å². The molecule has 1 rings (SSSR count). The Morgan fingerprint density at radius 2 is 2.06 bits per heavy atom. The van der Waals surface area contributed by atoms with E-state index in [2.05, 4.69) is 0 Å². The van der Waals surface area contributed by atoms with Crippen LogP contribution in [-0.2, 0) is 9.53 Å². The molecule has 0 spiro atoms. The maximum absolute atomic E-state index is 11.7. The summed E-state index contributed by atoms with van der Waals surface area (Å²) in [6.07, 6.45) is 3.72. The molecule has 0 bridgehead atoms. The van der Waals surface area contributed by atoms with Gasteiger partial charge in [0.25, 0.3) is 0 Å². The lowest BCUT2D eigenvalue weighted by Crippen LogP contribution is -2.45. The van der Waals surface area contributed by atoms with E-state index in [9.17, 15) is 9.59 Å². The molecule has 5 nitrogen and oxygen atoms in total. The summed E-state index contributed by atoms with van der Waals surface area (Å²) < 4.78 is 5.13. The summed E-state index contributed by atoms with van der Waals surface area (Å²) in [5, 5.41) is 8.97. The fraction of sp³-hybridized carbons (Fsp3) is 0.636. The molecular weight excluding hydrogens is 210 g/mol. The predicted molar refractivity (Wildman–Crippen MR) is 57.9 cm³/mol. The summed E-state index contributed by atoms with van der Waals surface area (Å²) in [6.45, 7) is 5.23. The van der Waals surface area contributed by atoms with Crippen molar-refractivity contribution in [1.82, 2.24) is 4.90 Å². The number of rotatable bonds is 1. The van der Waals surface area contributed by atoms with Crippen molar-refractivity contribution in [3.05, 3.63) is 12.3 Å². The van der Waals surface area contributed by atoms with Crippen molar-refractivity contribution in [2.24, 2.45) is 0 Å². The fourth-order valence-electron chi connectivity index (χ4n) is 1.43. The van der Waals surface area contributed by atoms with Crippen LogP contribution in [0.15, 0.2) is 12.3 Å². The largest absolute Gasteiger partial charge is 0.480 e. The normalized spacial score (nSPS) is 20.7. The average molecular weight is 227 g/mol. The van der Waals surface area contributed by atoms with Gasteiger partial charge in [0.15, 0.2) is 0 Å². The fourth-order valence-corrected chi connectivity index (χ4v) is 1.43. The molecule has 1 unspecified atom stereocenters. The Labute approximate surface area is 94.7 Å². The van der Waals surface area contributed by atoms with Crippen LogP contribution >= 0.6 is 0 Å². The van der Waals surface area contributed by atoms with Gasteiger partial charge in [0, 0.05) is 6.20 Å². The zero-order chi connectivity index (χ0) is 12.3. The first kappa shape index (κ1) is 12.5. The van der Waals surface area contributed by atoms with Crippen molar-refractivity contribution in [3.8, 4) is 0 Å². The molecule has 0 fully saturated rings. The Bertz CT molecular complexity index is 316. The Balaban J connectivity index is 2.76. The standard InChI is InChI=1S/C11H17NO4/c1-11(2,3)16-10(15)12-7-5-4-6-8(12)9(13)14/h5,7-8H,4,6H2,1-3H3,(H,13,14). The van der Waals surface area contributed by atoms with Crippen LogP contribution < -0.4 is 0 Å². The Kier molecular flexibility index (Phi) is 3.57. The molecule has 0 aromatic carbocycles. The van der Waals surface area contributed by atoms with Gasteiger partial charge in [0.05, 0.1) is 0 Å². The zero-order valence-electron chi connectivity index (χ0n) is 9.77. The number of allylic oxidation sites excluding steroid dienone is 1. The third-order valence-electron chi connectivity index (χ3n) is 2.10. The quantitative estimate of drug-likeness (QED) is 0.743. The van der Waals surface area contributed by atoms with Gasteiger partial charge in [-0.2, -0.15) is 0 Å². The van der Waals surface area contributed by atoms with Gasteiger partial charge in [-0.1, -0.05) is 6.08 Å². The van der Waals surface area contributed by atoms with Crippen LogP contribution in [0, 0.1) is 0 Å². The Morgan fingerprint density at radius 3 is 2.56 bits per heavy atom. The first-order chi connectivity index (χ1) is 7.31. The molecule has 0 aromatic heterocycles. The molecule has 0 aromatic rings. The number of nitrogens with zero attached hydrogens (tertiary/aromatic N) is 1. The van der Waals surface area contributed by atoms with Gasteiger partial charge in [-0.3, -0.25) is 4.90 Å². The number of amides is 1. The van der Waals surface area contributed by atoms with Gasteiger partial charge < -0.3 is 9.84 Å². The smallest absolute Gasteiger partial charge is 0.415 e. The highest BCUT2D eigenvalue weighted by molar-refractivity contribution is 5.81. The van der Waals surface area contributed by atoms with E-state index in [1.54, 1.807) is 26.8 Å². The van der Waals surface area contributed by atoms with E-state index in [0.717, 1.165) is 4.90 Å². The van der Waals surface area contributed by atoms with Crippen LogP contribution in [0.5, 0.6) is 0 Å². The lowest BCUT2D eigenvalue weighted by atomic mass is 10.1. The summed E-state index contributed by atoms with van der Waals surface area (Å²) >= 11 is 0. The van der Waals surface area contributed by atoms with E-state index in [0.29, 0.717) is 12.8 Å². The molecule has 5 heteroatoms. The third kappa shape index (κ3) is 3.25. The predicted octanol–water partition coefficient (Wildman–Crippen LogP) is 1.98. The molecule has 0 saturated heterocycles. The van der Waals surface area contributed by atoms with Crippen LogP contribution in [0.25, 0.3) is 0 Å². The van der Waals surface area contributed by atoms with Gasteiger partial charge in [-0.15, -0.1) is 0 Å². The minimum atomic E-state index is -1.00. The molecule has 90 valence electrons. The van der Waals surface area contributed by atoms with E-state index in [-0.39, 0.29) is 0 Å². The van der Waals surface area contributed by atoms with Gasteiger partial charge in [-0.25, -0.2) is 9.59 Å². The second kappa shape index (κ2) is 4.55. The van der Waals surface area contributed by atoms with Crippen molar-refractivity contribution < 1.29 is 19.4 Å². The molecule has 1 atom stereocenters. The zero-order valence-corrected chi connectivity index (χ0v) is 9.77. The van der Waals surface area contributed by atoms with Crippen LogP contribution in [0.1, 0.15) is 33.6 Å². The molecule has 1 N–H and O–H groups in total. The number of ether oxygens (including phenoxy) is 1. The van der Waals surface area contributed by atoms with E-state index in [1.165, 1.54) is 6.20 Å². The first-order valence-electron chi connectivity index (χ1n) is 5.22. The topological polar surface area (TPSA) is 66.8 Å². The molecule has 1 aliphatic heterocycles. The average Bonchev–Trinajstić information content (AvgIpc) is 2.15. The number of carbonyl (C=O) groups is 2. The summed E-state index contributed by atoms with van der Waals surface area (Å²) in [4.78, 5) is 23.8. The van der Waals surface area contributed by atoms with E-state index >= 15 is 0 Å². The Morgan fingerprint density at radius 1 is 1.44 bits per heavy atom. The van der Waals surface area contributed by atoms with Crippen molar-refractivity contribution >= 4 is 12.1 Å². The minimum absolute atomic E-state index is 0.422. The van der Waals surface area contributed by atoms with E-state index in [4.69, 9.17) is 9.84 Å². The SMILES string of the molecule is CC(C)(C)OC(=O)N1C=CCCC1C(=O)O. The third-order valence-corrected chi connectivity index (χ3v) is 2.10. The number of carbonyl (C=O) groups excluding carboxylic acids is 1. The van der Waals surface area contributed by atoms with Crippen molar-refractivity contribution in [1.29, 1.82) is 0 Å². The van der Waals surface area contributed by atoms with E-state index < -0.39 is 23.7 Å². The van der Waals surface area contributed by atoms with Gasteiger partial charge in [0.1, 0.15) is 11.6 Å². The second-order valence-electron chi connectivity index (χ2n) is 4.70. The van der Waals surface area contributed by atoms with E-state index in [1.807, 2.05) is 0 Å². The summed E-state index contributed by atoms with van der Waals surface area (Å²) in [5.41, 5.74) is -0.620. The molecule has 1 aliphatic rings. The first-order valence-corrected chi connectivity index (χ1v) is 5.22. The lowest BCUT2D eigenvalue weighted by molar-refractivity contribution is -0.142. The van der Waals surface area contributed by atoms with Crippen LogP contribution in [-0.4, -0.2) is 33.7 Å². The highest BCUT2D eigenvalue weighted by Gasteiger charge is 2.32. The second-order valence-corrected chi connectivity index (χ2v) is 4.70. The summed E-state index contributed by atoms with van der Waals surface area (Å²) in [7, 11) is 0. The molecule has 0 saturated carbocycles.